The minimum Gasteiger partial charge on any atom is -0.386 e. The van der Waals surface area contributed by atoms with E-state index in [0.717, 1.165) is 0 Å². The summed E-state index contributed by atoms with van der Waals surface area (Å²) in [6.07, 6.45) is 0. The predicted octanol–water partition coefficient (Wildman–Crippen LogP) is 0.0449. The lowest BCUT2D eigenvalue weighted by Crippen LogP contribution is -2.03. The summed E-state index contributed by atoms with van der Waals surface area (Å²) in [5, 5.41) is 5.04. The summed E-state index contributed by atoms with van der Waals surface area (Å²) in [5.74, 6) is 0.185. The standard InChI is InChI=1S/C2H5N3O/c1-2(3)4-5-6/h1H3,(H2,3,4,6). The molecule has 0 bridgehead atoms. The molecule has 0 aromatic heterocycles. The quantitative estimate of drug-likeness (QED) is 0.212. The van der Waals surface area contributed by atoms with Gasteiger partial charge >= 0.3 is 0 Å². The molecule has 0 spiro atoms. The van der Waals surface area contributed by atoms with E-state index in [2.05, 4.69) is 10.4 Å². The molecule has 0 atom stereocenters. The Labute approximate surface area is 35.0 Å². The van der Waals surface area contributed by atoms with Gasteiger partial charge in [-0.15, -0.1) is 4.91 Å². The van der Waals surface area contributed by atoms with E-state index >= 15 is 0 Å². The molecule has 0 fully saturated rings. The minimum absolute atomic E-state index is 0.185. The molecule has 34 valence electrons. The van der Waals surface area contributed by atoms with Crippen LogP contribution in [0.1, 0.15) is 6.92 Å². The van der Waals surface area contributed by atoms with Crippen LogP contribution < -0.4 is 5.73 Å². The van der Waals surface area contributed by atoms with Crippen molar-refractivity contribution < 1.29 is 0 Å². The van der Waals surface area contributed by atoms with Crippen molar-refractivity contribution in [2.24, 2.45) is 16.1 Å². The molecule has 0 amide bonds. The largest absolute Gasteiger partial charge is 0.386 e. The van der Waals surface area contributed by atoms with Crippen LogP contribution in [0.15, 0.2) is 10.4 Å². The van der Waals surface area contributed by atoms with Gasteiger partial charge in [-0.05, 0) is 6.92 Å². The number of hydrogen-bond donors (Lipinski definition) is 1. The van der Waals surface area contributed by atoms with Crippen molar-refractivity contribution in [3.63, 3.8) is 0 Å². The molecular weight excluding hydrogens is 82.0 g/mol. The number of nitroso groups, excluding NO2 is 1. The Balaban J connectivity index is 3.41. The van der Waals surface area contributed by atoms with E-state index in [0.29, 0.717) is 0 Å². The van der Waals surface area contributed by atoms with E-state index in [1.807, 2.05) is 0 Å². The van der Waals surface area contributed by atoms with Gasteiger partial charge in [0.15, 0.2) is 0 Å². The van der Waals surface area contributed by atoms with E-state index < -0.39 is 0 Å². The van der Waals surface area contributed by atoms with Gasteiger partial charge < -0.3 is 5.73 Å². The Kier molecular flexibility index (Phi) is 1.96. The van der Waals surface area contributed by atoms with Crippen LogP contribution in [0.4, 0.5) is 0 Å². The molecule has 2 N–H and O–H groups in total. The molecule has 0 radical (unpaired) electrons. The highest BCUT2D eigenvalue weighted by molar-refractivity contribution is 5.77. The number of amidine groups is 1. The Morgan fingerprint density at radius 2 is 2.33 bits per heavy atom. The first kappa shape index (κ1) is 5.07. The van der Waals surface area contributed by atoms with E-state index in [4.69, 9.17) is 10.6 Å². The highest BCUT2D eigenvalue weighted by Gasteiger charge is 1.69. The van der Waals surface area contributed by atoms with Gasteiger partial charge in [0.2, 0.25) is 0 Å². The molecule has 0 aliphatic carbocycles. The Morgan fingerprint density at radius 3 is 2.33 bits per heavy atom. The van der Waals surface area contributed by atoms with E-state index in [9.17, 15) is 0 Å². The van der Waals surface area contributed by atoms with Crippen LogP contribution in [0, 0.1) is 4.91 Å². The highest BCUT2D eigenvalue weighted by atomic mass is 16.3. The van der Waals surface area contributed by atoms with Crippen molar-refractivity contribution in [1.82, 2.24) is 0 Å². The number of nitrogens with two attached hydrogens (primary N) is 1. The molecule has 4 heteroatoms. The van der Waals surface area contributed by atoms with Gasteiger partial charge in [0.25, 0.3) is 0 Å². The lowest BCUT2D eigenvalue weighted by atomic mass is 10.7. The van der Waals surface area contributed by atoms with E-state index in [-0.39, 0.29) is 5.84 Å². The lowest BCUT2D eigenvalue weighted by molar-refractivity contribution is 1.20. The smallest absolute Gasteiger partial charge is 0.122 e. The highest BCUT2D eigenvalue weighted by Crippen LogP contribution is 1.64. The molecule has 0 rings (SSSR count). The SMILES string of the molecule is C/C(N)=N\N=O. The Hall–Kier alpha value is -0.930. The zero-order valence-electron chi connectivity index (χ0n) is 3.38. The van der Waals surface area contributed by atoms with Crippen molar-refractivity contribution in [3.8, 4) is 0 Å². The van der Waals surface area contributed by atoms with E-state index in [1.165, 1.54) is 6.92 Å². The van der Waals surface area contributed by atoms with Gasteiger partial charge in [0.1, 0.15) is 5.84 Å². The molecule has 0 aromatic carbocycles. The second-order valence-corrected chi connectivity index (χ2v) is 0.823. The maximum atomic E-state index is 9.10. The maximum absolute atomic E-state index is 9.10. The molecule has 0 aliphatic heterocycles. The van der Waals surface area contributed by atoms with Crippen LogP contribution in [0.2, 0.25) is 0 Å². The molecular formula is C2H5N3O. The monoisotopic (exact) mass is 87.0 g/mol. The summed E-state index contributed by atoms with van der Waals surface area (Å²) in [5.41, 5.74) is 4.86. The third-order valence-electron chi connectivity index (χ3n) is 0.199. The van der Waals surface area contributed by atoms with Crippen LogP contribution in [0.25, 0.3) is 0 Å². The van der Waals surface area contributed by atoms with Crippen LogP contribution in [-0.4, -0.2) is 5.84 Å². The molecule has 4 nitrogen and oxygen atoms in total. The predicted molar refractivity (Wildman–Crippen MR) is 23.1 cm³/mol. The summed E-state index contributed by atoms with van der Waals surface area (Å²) < 4.78 is 0. The Bertz CT molecular complexity index is 72.9. The van der Waals surface area contributed by atoms with Crippen LogP contribution >= 0.6 is 0 Å². The number of hydrogen-bond acceptors (Lipinski definition) is 2. The first-order valence-electron chi connectivity index (χ1n) is 1.39. The fraction of sp³-hybridized carbons (Fsp3) is 0.500. The third kappa shape index (κ3) is 3.07. The second kappa shape index (κ2) is 2.32. The summed E-state index contributed by atoms with van der Waals surface area (Å²) >= 11 is 0. The third-order valence-corrected chi connectivity index (χ3v) is 0.199. The first-order valence-corrected chi connectivity index (χ1v) is 1.39. The molecule has 6 heavy (non-hydrogen) atoms. The van der Waals surface area contributed by atoms with Crippen molar-refractivity contribution in [2.75, 3.05) is 0 Å². The second-order valence-electron chi connectivity index (χ2n) is 0.823. The zero-order chi connectivity index (χ0) is 4.99. The lowest BCUT2D eigenvalue weighted by Gasteiger charge is -1.73. The molecule has 0 unspecified atom stereocenters. The topological polar surface area (TPSA) is 67.8 Å². The fourth-order valence-electron chi connectivity index (χ4n) is 0.0644. The first-order chi connectivity index (χ1) is 2.77. The normalized spacial score (nSPS) is 11.2. The summed E-state index contributed by atoms with van der Waals surface area (Å²) in [7, 11) is 0. The van der Waals surface area contributed by atoms with Crippen LogP contribution in [0.3, 0.4) is 0 Å². The number of rotatable bonds is 1. The molecule has 0 aromatic rings. The zero-order valence-corrected chi connectivity index (χ0v) is 3.38. The maximum Gasteiger partial charge on any atom is 0.122 e. The van der Waals surface area contributed by atoms with Crippen molar-refractivity contribution >= 4 is 5.84 Å². The van der Waals surface area contributed by atoms with E-state index in [1.54, 1.807) is 0 Å². The van der Waals surface area contributed by atoms with Gasteiger partial charge in [-0.1, -0.05) is 5.10 Å². The average molecular weight is 87.1 g/mol. The molecule has 0 aliphatic rings. The molecule has 0 heterocycles. The minimum atomic E-state index is 0.185. The van der Waals surface area contributed by atoms with Crippen molar-refractivity contribution in [1.29, 1.82) is 0 Å². The summed E-state index contributed by atoms with van der Waals surface area (Å²) in [6, 6.07) is 0. The average Bonchev–Trinajstić information content (AvgIpc) is 1.35. The van der Waals surface area contributed by atoms with Gasteiger partial charge in [0, 0.05) is 0 Å². The van der Waals surface area contributed by atoms with Gasteiger partial charge in [-0.25, -0.2) is 0 Å². The molecule has 0 saturated heterocycles. The summed E-state index contributed by atoms with van der Waals surface area (Å²) in [4.78, 5) is 9.10. The fourth-order valence-corrected chi connectivity index (χ4v) is 0.0644. The summed E-state index contributed by atoms with van der Waals surface area (Å²) in [6.45, 7) is 1.49. The van der Waals surface area contributed by atoms with Crippen LogP contribution in [-0.2, 0) is 0 Å². The van der Waals surface area contributed by atoms with Gasteiger partial charge in [-0.2, -0.15) is 0 Å². The van der Waals surface area contributed by atoms with Crippen molar-refractivity contribution in [2.45, 2.75) is 6.92 Å². The van der Waals surface area contributed by atoms with Gasteiger partial charge in [0.05, 0.1) is 5.29 Å². The Morgan fingerprint density at radius 1 is 1.83 bits per heavy atom. The molecule has 0 saturated carbocycles. The van der Waals surface area contributed by atoms with Crippen molar-refractivity contribution in [3.05, 3.63) is 4.91 Å². The number of nitrogens with zero attached hydrogens (tertiary/aromatic N) is 2. The van der Waals surface area contributed by atoms with Crippen LogP contribution in [0.5, 0.6) is 0 Å². The van der Waals surface area contributed by atoms with Gasteiger partial charge in [-0.3, -0.25) is 0 Å².